The number of nitriles is 1. The Morgan fingerprint density at radius 2 is 1.43 bits per heavy atom. The Balaban J connectivity index is 1.98. The average Bonchev–Trinajstić information content (AvgIpc) is 2.71. The number of hydrogen-bond acceptors (Lipinski definition) is 3. The quantitative estimate of drug-likeness (QED) is 0.535. The number of hydrogen-bond donors (Lipinski definition) is 0. The second kappa shape index (κ2) is 8.76. The normalized spacial score (nSPS) is 11.4. The van der Waals surface area contributed by atoms with E-state index in [1.54, 1.807) is 24.3 Å². The molecule has 0 atom stereocenters. The minimum atomic E-state index is -3.83. The van der Waals surface area contributed by atoms with Crippen LogP contribution in [0.4, 0.5) is 0 Å². The van der Waals surface area contributed by atoms with E-state index < -0.39 is 10.0 Å². The van der Waals surface area contributed by atoms with Crippen LogP contribution >= 0.6 is 23.2 Å². The van der Waals surface area contributed by atoms with Crippen molar-refractivity contribution in [3.05, 3.63) is 99.5 Å². The zero-order valence-corrected chi connectivity index (χ0v) is 17.0. The molecule has 3 rings (SSSR count). The van der Waals surface area contributed by atoms with Crippen LogP contribution in [0.5, 0.6) is 0 Å². The van der Waals surface area contributed by atoms with Crippen molar-refractivity contribution in [2.24, 2.45) is 0 Å². The van der Waals surface area contributed by atoms with Gasteiger partial charge in [-0.1, -0.05) is 65.7 Å². The third-order valence-electron chi connectivity index (χ3n) is 4.17. The van der Waals surface area contributed by atoms with Gasteiger partial charge >= 0.3 is 0 Å². The van der Waals surface area contributed by atoms with Crippen LogP contribution in [0.1, 0.15) is 16.7 Å². The van der Waals surface area contributed by atoms with Crippen LogP contribution < -0.4 is 0 Å². The van der Waals surface area contributed by atoms with Crippen molar-refractivity contribution in [3.63, 3.8) is 0 Å². The lowest BCUT2D eigenvalue weighted by Gasteiger charge is -2.23. The molecular weight excluding hydrogens is 415 g/mol. The average molecular weight is 431 g/mol. The Morgan fingerprint density at radius 1 is 0.821 bits per heavy atom. The standard InChI is InChI=1S/C21H16Cl2N2O2S/c22-20-11-10-19(12-21(20)23)28(26,27)25(14-17-4-2-1-3-5-17)15-18-8-6-16(13-24)7-9-18/h1-12H,14-15H2. The zero-order chi connectivity index (χ0) is 20.1. The first kappa shape index (κ1) is 20.4. The van der Waals surface area contributed by atoms with Crippen molar-refractivity contribution in [3.8, 4) is 6.07 Å². The van der Waals surface area contributed by atoms with E-state index in [1.165, 1.54) is 22.5 Å². The van der Waals surface area contributed by atoms with Gasteiger partial charge in [0.2, 0.25) is 10.0 Å². The third kappa shape index (κ3) is 4.73. The molecule has 7 heteroatoms. The molecule has 0 bridgehead atoms. The molecule has 0 fully saturated rings. The van der Waals surface area contributed by atoms with Gasteiger partial charge in [-0.15, -0.1) is 0 Å². The topological polar surface area (TPSA) is 61.2 Å². The number of rotatable bonds is 6. The first-order chi connectivity index (χ1) is 13.4. The highest BCUT2D eigenvalue weighted by Gasteiger charge is 2.25. The SMILES string of the molecule is N#Cc1ccc(CN(Cc2ccccc2)S(=O)(=O)c2ccc(Cl)c(Cl)c2)cc1. The number of benzene rings is 3. The fraction of sp³-hybridized carbons (Fsp3) is 0.0952. The summed E-state index contributed by atoms with van der Waals surface area (Å²) in [6, 6.07) is 22.5. The molecular formula is C21H16Cl2N2O2S. The first-order valence-corrected chi connectivity index (χ1v) is 10.6. The van der Waals surface area contributed by atoms with Crippen LogP contribution in [0.25, 0.3) is 0 Å². The minimum Gasteiger partial charge on any atom is -0.207 e. The Bertz CT molecular complexity index is 1110. The first-order valence-electron chi connectivity index (χ1n) is 8.38. The molecule has 0 aliphatic carbocycles. The van der Waals surface area contributed by atoms with Gasteiger partial charge in [0.15, 0.2) is 0 Å². The molecule has 4 nitrogen and oxygen atoms in total. The molecule has 3 aromatic rings. The monoisotopic (exact) mass is 430 g/mol. The van der Waals surface area contributed by atoms with Gasteiger partial charge in [-0.3, -0.25) is 0 Å². The van der Waals surface area contributed by atoms with Gasteiger partial charge in [-0.2, -0.15) is 9.57 Å². The third-order valence-corrected chi connectivity index (χ3v) is 6.70. The summed E-state index contributed by atoms with van der Waals surface area (Å²) in [5, 5.41) is 9.43. The smallest absolute Gasteiger partial charge is 0.207 e. The van der Waals surface area contributed by atoms with Crippen LogP contribution in [0.2, 0.25) is 10.0 Å². The lowest BCUT2D eigenvalue weighted by atomic mass is 10.1. The Kier molecular flexibility index (Phi) is 6.38. The minimum absolute atomic E-state index is 0.0754. The largest absolute Gasteiger partial charge is 0.243 e. The highest BCUT2D eigenvalue weighted by molar-refractivity contribution is 7.89. The van der Waals surface area contributed by atoms with Gasteiger partial charge in [0.05, 0.1) is 26.6 Å². The predicted molar refractivity (Wildman–Crippen MR) is 110 cm³/mol. The number of nitrogens with zero attached hydrogens (tertiary/aromatic N) is 2. The highest BCUT2D eigenvalue weighted by Crippen LogP contribution is 2.28. The van der Waals surface area contributed by atoms with Gasteiger partial charge < -0.3 is 0 Å². The van der Waals surface area contributed by atoms with Gasteiger partial charge in [0.1, 0.15) is 0 Å². The van der Waals surface area contributed by atoms with Gasteiger partial charge in [0, 0.05) is 13.1 Å². The molecule has 0 aliphatic heterocycles. The summed E-state index contributed by atoms with van der Waals surface area (Å²) in [4.78, 5) is 0.0754. The molecule has 0 spiro atoms. The molecule has 0 unspecified atom stereocenters. The Morgan fingerprint density at radius 3 is 2.00 bits per heavy atom. The van der Waals surface area contributed by atoms with Crippen molar-refractivity contribution in [1.82, 2.24) is 4.31 Å². The van der Waals surface area contributed by atoms with Crippen LogP contribution in [-0.4, -0.2) is 12.7 Å². The summed E-state index contributed by atoms with van der Waals surface area (Å²) in [5.74, 6) is 0. The Hall–Kier alpha value is -2.36. The predicted octanol–water partition coefficient (Wildman–Crippen LogP) is 5.26. The summed E-state index contributed by atoms with van der Waals surface area (Å²) in [6.07, 6.45) is 0. The second-order valence-corrected chi connectivity index (χ2v) is 8.90. The van der Waals surface area contributed by atoms with Crippen molar-refractivity contribution in [2.75, 3.05) is 0 Å². The summed E-state index contributed by atoms with van der Waals surface area (Å²) in [5.41, 5.74) is 2.16. The molecule has 0 aromatic heterocycles. The summed E-state index contributed by atoms with van der Waals surface area (Å²) < 4.78 is 28.0. The van der Waals surface area contributed by atoms with Crippen LogP contribution in [-0.2, 0) is 23.1 Å². The molecule has 0 radical (unpaired) electrons. The van der Waals surface area contributed by atoms with E-state index >= 15 is 0 Å². The number of halogens is 2. The lowest BCUT2D eigenvalue weighted by molar-refractivity contribution is 0.401. The molecule has 0 N–H and O–H groups in total. The maximum atomic E-state index is 13.3. The van der Waals surface area contributed by atoms with Crippen LogP contribution in [0, 0.1) is 11.3 Å². The number of sulfonamides is 1. The maximum Gasteiger partial charge on any atom is 0.243 e. The molecule has 0 aliphatic rings. The fourth-order valence-corrected chi connectivity index (χ4v) is 4.49. The van der Waals surface area contributed by atoms with Crippen molar-refractivity contribution in [1.29, 1.82) is 5.26 Å². The fourth-order valence-electron chi connectivity index (χ4n) is 2.69. The van der Waals surface area contributed by atoms with Crippen molar-refractivity contribution in [2.45, 2.75) is 18.0 Å². The van der Waals surface area contributed by atoms with E-state index in [2.05, 4.69) is 6.07 Å². The van der Waals surface area contributed by atoms with E-state index in [0.29, 0.717) is 10.6 Å². The van der Waals surface area contributed by atoms with Crippen molar-refractivity contribution >= 4 is 33.2 Å². The summed E-state index contributed by atoms with van der Waals surface area (Å²) in [6.45, 7) is 0.354. The van der Waals surface area contributed by atoms with Crippen LogP contribution in [0.15, 0.2) is 77.7 Å². The summed E-state index contributed by atoms with van der Waals surface area (Å²) >= 11 is 12.0. The molecule has 0 saturated heterocycles. The van der Waals surface area contributed by atoms with E-state index in [0.717, 1.165) is 11.1 Å². The molecule has 0 amide bonds. The maximum absolute atomic E-state index is 13.3. The van der Waals surface area contributed by atoms with E-state index in [4.69, 9.17) is 28.5 Å². The van der Waals surface area contributed by atoms with E-state index in [-0.39, 0.29) is 23.0 Å². The molecule has 28 heavy (non-hydrogen) atoms. The van der Waals surface area contributed by atoms with Gasteiger partial charge in [-0.05, 0) is 41.5 Å². The molecule has 3 aromatic carbocycles. The van der Waals surface area contributed by atoms with E-state index in [9.17, 15) is 8.42 Å². The zero-order valence-electron chi connectivity index (χ0n) is 14.7. The molecule has 142 valence electrons. The second-order valence-electron chi connectivity index (χ2n) is 6.14. The molecule has 0 saturated carbocycles. The lowest BCUT2D eigenvalue weighted by Crippen LogP contribution is -2.30. The van der Waals surface area contributed by atoms with E-state index in [1.807, 2.05) is 30.3 Å². The summed E-state index contributed by atoms with van der Waals surface area (Å²) in [7, 11) is -3.83. The highest BCUT2D eigenvalue weighted by atomic mass is 35.5. The molecule has 0 heterocycles. The van der Waals surface area contributed by atoms with Crippen LogP contribution in [0.3, 0.4) is 0 Å². The Labute approximate surface area is 174 Å². The van der Waals surface area contributed by atoms with Crippen molar-refractivity contribution < 1.29 is 8.42 Å². The van der Waals surface area contributed by atoms with Gasteiger partial charge in [0.25, 0.3) is 0 Å². The van der Waals surface area contributed by atoms with Gasteiger partial charge in [-0.25, -0.2) is 8.42 Å².